The van der Waals surface area contributed by atoms with Crippen molar-refractivity contribution >= 4 is 11.9 Å². The van der Waals surface area contributed by atoms with E-state index in [4.69, 9.17) is 19.1 Å². The fourth-order valence-corrected chi connectivity index (χ4v) is 8.05. The molecule has 268 valence electrons. The van der Waals surface area contributed by atoms with Gasteiger partial charge < -0.3 is 19.7 Å². The number of piperidine rings is 2. The number of aliphatic hydroxyl groups excluding tert-OH is 2. The van der Waals surface area contributed by atoms with Crippen molar-refractivity contribution in [2.45, 2.75) is 206 Å². The Morgan fingerprint density at radius 1 is 0.652 bits per heavy atom. The number of ether oxygens (including phenoxy) is 2. The summed E-state index contributed by atoms with van der Waals surface area (Å²) in [6, 6.07) is 0. The van der Waals surface area contributed by atoms with Crippen LogP contribution in [0, 0.1) is 11.8 Å². The highest BCUT2D eigenvalue weighted by atomic mass is 16.7. The van der Waals surface area contributed by atoms with Crippen LogP contribution in [0.1, 0.15) is 147 Å². The normalized spacial score (nSPS) is 42.3. The molecule has 10 atom stereocenters. The highest BCUT2D eigenvalue weighted by molar-refractivity contribution is 5.75. The molecule has 3 rings (SSSR count). The molecule has 2 heterocycles. The van der Waals surface area contributed by atoms with Gasteiger partial charge in [0.25, 0.3) is 0 Å². The number of rotatable bonds is 12. The molecule has 0 aromatic heterocycles. The van der Waals surface area contributed by atoms with Crippen LogP contribution in [0.3, 0.4) is 0 Å². The van der Waals surface area contributed by atoms with Crippen molar-refractivity contribution in [3.63, 3.8) is 0 Å². The smallest absolute Gasteiger partial charge is 0.337 e. The fourth-order valence-electron chi connectivity index (χ4n) is 8.05. The fraction of sp³-hybridized carbons (Fsp3) is 0.944. The van der Waals surface area contributed by atoms with Crippen molar-refractivity contribution in [2.24, 2.45) is 11.8 Å². The molecule has 2 N–H and O–H groups in total. The molecule has 10 unspecified atom stereocenters. The third-order valence-corrected chi connectivity index (χ3v) is 12.7. The summed E-state index contributed by atoms with van der Waals surface area (Å²) >= 11 is 0. The van der Waals surface area contributed by atoms with Gasteiger partial charge in [-0.25, -0.2) is 9.59 Å². The van der Waals surface area contributed by atoms with Crippen LogP contribution < -0.4 is 0 Å². The van der Waals surface area contributed by atoms with Gasteiger partial charge in [0.05, 0.1) is 12.2 Å². The maximum Gasteiger partial charge on any atom is 0.337 e. The molecule has 10 nitrogen and oxygen atoms in total. The predicted octanol–water partition coefficient (Wildman–Crippen LogP) is 6.10. The lowest BCUT2D eigenvalue weighted by atomic mass is 9.69. The van der Waals surface area contributed by atoms with Crippen molar-refractivity contribution in [1.82, 2.24) is 10.1 Å². The van der Waals surface area contributed by atoms with Crippen molar-refractivity contribution in [3.05, 3.63) is 0 Å². The minimum absolute atomic E-state index is 0.0184. The zero-order valence-electron chi connectivity index (χ0n) is 30.9. The molecule has 0 amide bonds. The summed E-state index contributed by atoms with van der Waals surface area (Å²) in [6.07, 6.45) is 3.62. The summed E-state index contributed by atoms with van der Waals surface area (Å²) < 4.78 is 11.8. The number of carbonyl (C=O) groups is 2. The Balaban J connectivity index is 1.54. The Bertz CT molecular complexity index is 957. The molecule has 2 aliphatic heterocycles. The zero-order valence-corrected chi connectivity index (χ0v) is 30.9. The topological polar surface area (TPSA) is 118 Å². The standard InChI is InChI=1S/C36H66N2O8/c1-13-33(9)21-29(39)23(5)35(11,15-3)37(33)45-25(7)31(41)43-27-17-19-28(20-18-27)44-32(42)26(8)46-38-34(10,14-2)22-30(40)24(6)36(38,12)16-4/h23-30,39-40H,13-22H2,1-12H3. The maximum absolute atomic E-state index is 13.2. The first-order chi connectivity index (χ1) is 21.3. The van der Waals surface area contributed by atoms with Gasteiger partial charge in [0, 0.05) is 34.0 Å². The van der Waals surface area contributed by atoms with Crippen LogP contribution >= 0.6 is 0 Å². The Hall–Kier alpha value is -1.30. The predicted molar refractivity (Wildman–Crippen MR) is 177 cm³/mol. The first-order valence-corrected chi connectivity index (χ1v) is 18.1. The van der Waals surface area contributed by atoms with Crippen LogP contribution in [-0.2, 0) is 28.7 Å². The lowest BCUT2D eigenvalue weighted by Crippen LogP contribution is -2.68. The SMILES string of the molecule is CCC1(C)CC(O)C(C)C(C)(CC)N1OC(C)C(=O)OC1CCC(OC(=O)C(C)ON2C(C)(CC)CC(O)C(C)C2(C)CC)CC1. The minimum Gasteiger partial charge on any atom is -0.460 e. The summed E-state index contributed by atoms with van der Waals surface area (Å²) in [5.41, 5.74) is -1.69. The maximum atomic E-state index is 13.2. The van der Waals surface area contributed by atoms with Gasteiger partial charge in [-0.1, -0.05) is 41.5 Å². The average Bonchev–Trinajstić information content (AvgIpc) is 3.03. The molecule has 10 heteroatoms. The van der Waals surface area contributed by atoms with Gasteiger partial charge in [-0.2, -0.15) is 10.1 Å². The van der Waals surface area contributed by atoms with E-state index in [1.807, 2.05) is 24.0 Å². The van der Waals surface area contributed by atoms with Crippen molar-refractivity contribution in [2.75, 3.05) is 0 Å². The number of carbonyl (C=O) groups excluding carboxylic acids is 2. The molecule has 3 fully saturated rings. The first-order valence-electron chi connectivity index (χ1n) is 18.1. The summed E-state index contributed by atoms with van der Waals surface area (Å²) in [5, 5.41) is 25.6. The molecule has 0 spiro atoms. The zero-order chi connectivity index (χ0) is 34.8. The number of nitrogens with zero attached hydrogens (tertiary/aromatic N) is 2. The lowest BCUT2D eigenvalue weighted by molar-refractivity contribution is -0.332. The second-order valence-corrected chi connectivity index (χ2v) is 15.6. The number of hydrogen-bond donors (Lipinski definition) is 2. The Labute approximate surface area is 278 Å². The second kappa shape index (κ2) is 15.1. The van der Waals surface area contributed by atoms with Gasteiger partial charge in [0.2, 0.25) is 0 Å². The van der Waals surface area contributed by atoms with E-state index in [-0.39, 0.29) is 24.0 Å². The second-order valence-electron chi connectivity index (χ2n) is 15.6. The van der Waals surface area contributed by atoms with E-state index >= 15 is 0 Å². The van der Waals surface area contributed by atoms with Gasteiger partial charge >= 0.3 is 11.9 Å². The number of esters is 2. The van der Waals surface area contributed by atoms with Gasteiger partial charge in [0.1, 0.15) is 12.2 Å². The van der Waals surface area contributed by atoms with E-state index < -0.39 is 58.5 Å². The van der Waals surface area contributed by atoms with Crippen molar-refractivity contribution in [3.8, 4) is 0 Å². The lowest BCUT2D eigenvalue weighted by Gasteiger charge is -2.58. The van der Waals surface area contributed by atoms with Crippen LogP contribution in [0.25, 0.3) is 0 Å². The van der Waals surface area contributed by atoms with Gasteiger partial charge in [-0.3, -0.25) is 9.68 Å². The summed E-state index contributed by atoms with van der Waals surface area (Å²) in [7, 11) is 0. The number of aliphatic hydroxyl groups is 2. The molecule has 1 aliphatic carbocycles. The van der Waals surface area contributed by atoms with Crippen molar-refractivity contribution in [1.29, 1.82) is 0 Å². The Kier molecular flexibility index (Phi) is 12.8. The van der Waals surface area contributed by atoms with Gasteiger partial charge in [-0.15, -0.1) is 0 Å². The largest absolute Gasteiger partial charge is 0.460 e. The highest BCUT2D eigenvalue weighted by Gasteiger charge is 2.55. The molecular formula is C36H66N2O8. The molecule has 1 saturated carbocycles. The van der Waals surface area contributed by atoms with E-state index in [1.165, 1.54) is 0 Å². The summed E-state index contributed by atoms with van der Waals surface area (Å²) in [6.45, 7) is 24.3. The quantitative estimate of drug-likeness (QED) is 0.239. The van der Waals surface area contributed by atoms with Crippen LogP contribution in [-0.4, -0.2) is 91.1 Å². The Morgan fingerprint density at radius 3 is 1.22 bits per heavy atom. The van der Waals surface area contributed by atoms with Crippen LogP contribution in [0.15, 0.2) is 0 Å². The molecule has 0 radical (unpaired) electrons. The first kappa shape index (κ1) is 39.1. The molecule has 0 aromatic rings. The van der Waals surface area contributed by atoms with Crippen LogP contribution in [0.5, 0.6) is 0 Å². The molecule has 0 aromatic carbocycles. The summed E-state index contributed by atoms with van der Waals surface area (Å²) in [4.78, 5) is 39.2. The summed E-state index contributed by atoms with van der Waals surface area (Å²) in [5.74, 6) is -0.848. The number of hydroxylamine groups is 4. The van der Waals surface area contributed by atoms with Gasteiger partial charge in [-0.05, 0) is 106 Å². The van der Waals surface area contributed by atoms with E-state index in [1.54, 1.807) is 13.8 Å². The average molecular weight is 655 g/mol. The monoisotopic (exact) mass is 654 g/mol. The van der Waals surface area contributed by atoms with E-state index in [2.05, 4.69) is 55.4 Å². The molecule has 46 heavy (non-hydrogen) atoms. The van der Waals surface area contributed by atoms with E-state index in [0.29, 0.717) is 38.5 Å². The molecule has 0 bridgehead atoms. The van der Waals surface area contributed by atoms with Gasteiger partial charge in [0.15, 0.2) is 12.2 Å². The minimum atomic E-state index is -0.797. The van der Waals surface area contributed by atoms with Crippen molar-refractivity contribution < 1.29 is 39.0 Å². The van der Waals surface area contributed by atoms with Crippen LogP contribution in [0.4, 0.5) is 0 Å². The molecular weight excluding hydrogens is 588 g/mol. The van der Waals surface area contributed by atoms with Crippen LogP contribution in [0.2, 0.25) is 0 Å². The molecule has 3 aliphatic rings. The third kappa shape index (κ3) is 7.62. The van der Waals surface area contributed by atoms with E-state index in [0.717, 1.165) is 25.7 Å². The number of hydrogen-bond acceptors (Lipinski definition) is 10. The Morgan fingerprint density at radius 2 is 0.957 bits per heavy atom. The third-order valence-electron chi connectivity index (χ3n) is 12.7. The van der Waals surface area contributed by atoms with E-state index in [9.17, 15) is 19.8 Å². The molecule has 2 saturated heterocycles. The highest BCUT2D eigenvalue weighted by Crippen LogP contribution is 2.47.